The Morgan fingerprint density at radius 3 is 2.51 bits per heavy atom. The summed E-state index contributed by atoms with van der Waals surface area (Å²) in [7, 11) is 1.40. The third kappa shape index (κ3) is 3.64. The zero-order valence-electron chi connectivity index (χ0n) is 23.1. The van der Waals surface area contributed by atoms with E-state index >= 15 is 0 Å². The van der Waals surface area contributed by atoms with Gasteiger partial charge >= 0.3 is 17.9 Å². The largest absolute Gasteiger partial charge is 0.469 e. The van der Waals surface area contributed by atoms with E-state index in [1.165, 1.54) is 14.0 Å². The zero-order chi connectivity index (χ0) is 27.0. The summed E-state index contributed by atoms with van der Waals surface area (Å²) in [5.41, 5.74) is -1.34. The summed E-state index contributed by atoms with van der Waals surface area (Å²) in [5, 5.41) is 0. The van der Waals surface area contributed by atoms with Crippen molar-refractivity contribution in [1.82, 2.24) is 0 Å². The van der Waals surface area contributed by atoms with Gasteiger partial charge in [-0.2, -0.15) is 0 Å². The fourth-order valence-electron chi connectivity index (χ4n) is 9.04. The highest BCUT2D eigenvalue weighted by Crippen LogP contribution is 2.71. The molecule has 3 heterocycles. The average Bonchev–Trinajstić information content (AvgIpc) is 3.35. The van der Waals surface area contributed by atoms with Crippen LogP contribution < -0.4 is 0 Å². The van der Waals surface area contributed by atoms with Crippen molar-refractivity contribution in [2.24, 2.45) is 34.0 Å². The fourth-order valence-corrected chi connectivity index (χ4v) is 9.04. The molecule has 3 saturated heterocycles. The molecule has 0 radical (unpaired) electrons. The molecule has 0 amide bonds. The van der Waals surface area contributed by atoms with E-state index < -0.39 is 27.9 Å². The first kappa shape index (κ1) is 26.7. The van der Waals surface area contributed by atoms with E-state index in [4.69, 9.17) is 23.7 Å². The van der Waals surface area contributed by atoms with E-state index in [1.54, 1.807) is 0 Å². The predicted molar refractivity (Wildman–Crippen MR) is 133 cm³/mol. The molecule has 8 heteroatoms. The number of cyclic esters (lactones) is 1. The Morgan fingerprint density at radius 1 is 1.16 bits per heavy atom. The molecule has 2 saturated carbocycles. The van der Waals surface area contributed by atoms with Crippen LogP contribution in [0.4, 0.5) is 0 Å². The maximum absolute atomic E-state index is 13.2. The molecule has 0 aromatic rings. The molecule has 8 nitrogen and oxygen atoms in total. The van der Waals surface area contributed by atoms with E-state index in [-0.39, 0.29) is 60.7 Å². The SMILES string of the molecule is C=C1C2CC[C@@]3(C)[C@H]([C@H]4CCOC4)OC(=O)C[C@]13O[C@H]1C[C@H](OC(C)=O)C(C)(C)[C@H](CC(=O)OC)[C@@]21C. The second kappa shape index (κ2) is 8.80. The number of hydrogen-bond donors (Lipinski definition) is 0. The number of methoxy groups -OCH3 is 1. The quantitative estimate of drug-likeness (QED) is 0.313. The average molecular weight is 519 g/mol. The van der Waals surface area contributed by atoms with Crippen LogP contribution in [0.25, 0.3) is 0 Å². The van der Waals surface area contributed by atoms with Gasteiger partial charge in [0.1, 0.15) is 17.8 Å². The summed E-state index contributed by atoms with van der Waals surface area (Å²) >= 11 is 0. The highest BCUT2D eigenvalue weighted by Gasteiger charge is 2.74. The molecule has 1 spiro atoms. The first-order chi connectivity index (χ1) is 17.3. The lowest BCUT2D eigenvalue weighted by Crippen LogP contribution is -2.75. The standard InChI is InChI=1S/C29H42O8/c1-16-19-8-10-27(5)25(18-9-11-34-15-18)36-24(32)14-29(16,27)37-22-13-21(35-17(2)30)26(3,4)20(28(19,22)6)12-23(31)33-7/h18-22,25H,1,8-15H2,2-7H3/t18-,19?,20-,21-,22-,25-,27-,28+,29-/m0/s1. The van der Waals surface area contributed by atoms with E-state index in [2.05, 4.69) is 34.3 Å². The lowest BCUT2D eigenvalue weighted by atomic mass is 9.41. The first-order valence-corrected chi connectivity index (χ1v) is 13.7. The normalized spacial score (nSPS) is 46.3. The molecule has 37 heavy (non-hydrogen) atoms. The Balaban J connectivity index is 1.61. The second-order valence-electron chi connectivity index (χ2n) is 13.0. The molecule has 0 aromatic carbocycles. The first-order valence-electron chi connectivity index (χ1n) is 13.7. The van der Waals surface area contributed by atoms with Gasteiger partial charge in [-0.05, 0) is 36.7 Å². The van der Waals surface area contributed by atoms with Crippen molar-refractivity contribution in [1.29, 1.82) is 0 Å². The molecule has 3 aliphatic heterocycles. The van der Waals surface area contributed by atoms with Crippen molar-refractivity contribution in [2.75, 3.05) is 20.3 Å². The Bertz CT molecular complexity index is 998. The van der Waals surface area contributed by atoms with Crippen LogP contribution in [-0.2, 0) is 38.1 Å². The third-order valence-electron chi connectivity index (χ3n) is 11.1. The number of hydrogen-bond acceptors (Lipinski definition) is 8. The van der Waals surface area contributed by atoms with E-state index in [9.17, 15) is 14.4 Å². The van der Waals surface area contributed by atoms with Crippen LogP contribution >= 0.6 is 0 Å². The van der Waals surface area contributed by atoms with E-state index in [1.807, 2.05) is 0 Å². The van der Waals surface area contributed by atoms with Crippen LogP contribution in [0.3, 0.4) is 0 Å². The molecule has 2 aliphatic carbocycles. The molecule has 1 unspecified atom stereocenters. The van der Waals surface area contributed by atoms with Gasteiger partial charge in [0, 0.05) is 48.5 Å². The van der Waals surface area contributed by atoms with Gasteiger partial charge in [-0.1, -0.05) is 34.3 Å². The molecule has 5 rings (SSSR count). The van der Waals surface area contributed by atoms with E-state index in [0.717, 1.165) is 24.8 Å². The Hall–Kier alpha value is -1.93. The minimum Gasteiger partial charge on any atom is -0.469 e. The zero-order valence-corrected chi connectivity index (χ0v) is 23.1. The number of fused-ring (bicyclic) bond motifs is 3. The summed E-state index contributed by atoms with van der Waals surface area (Å²) < 4.78 is 29.9. The summed E-state index contributed by atoms with van der Waals surface area (Å²) in [6.45, 7) is 15.8. The van der Waals surface area contributed by atoms with Gasteiger partial charge in [0.15, 0.2) is 0 Å². The van der Waals surface area contributed by atoms with Gasteiger partial charge in [-0.25, -0.2) is 0 Å². The smallest absolute Gasteiger partial charge is 0.309 e. The maximum Gasteiger partial charge on any atom is 0.309 e. The fraction of sp³-hybridized carbons (Fsp3) is 0.828. The summed E-state index contributed by atoms with van der Waals surface area (Å²) in [6.07, 6.45) is 2.26. The Labute approximate surface area is 219 Å². The van der Waals surface area contributed by atoms with Crippen molar-refractivity contribution in [3.8, 4) is 0 Å². The molecular weight excluding hydrogens is 476 g/mol. The number of ether oxygens (including phenoxy) is 5. The van der Waals surface area contributed by atoms with Crippen molar-refractivity contribution in [3.63, 3.8) is 0 Å². The van der Waals surface area contributed by atoms with E-state index in [0.29, 0.717) is 19.6 Å². The molecule has 2 bridgehead atoms. The molecule has 206 valence electrons. The highest BCUT2D eigenvalue weighted by atomic mass is 16.6. The molecule has 0 aromatic heterocycles. The lowest BCUT2D eigenvalue weighted by molar-refractivity contribution is -0.317. The Morgan fingerprint density at radius 2 is 1.89 bits per heavy atom. The van der Waals surface area contributed by atoms with Crippen LogP contribution in [-0.4, -0.2) is 62.1 Å². The number of carbonyl (C=O) groups is 3. The van der Waals surface area contributed by atoms with Crippen molar-refractivity contribution < 1.29 is 38.1 Å². The van der Waals surface area contributed by atoms with Crippen LogP contribution in [0.2, 0.25) is 0 Å². The third-order valence-corrected chi connectivity index (χ3v) is 11.1. The van der Waals surface area contributed by atoms with Gasteiger partial charge in [0.25, 0.3) is 0 Å². The van der Waals surface area contributed by atoms with Crippen LogP contribution in [0.5, 0.6) is 0 Å². The molecule has 5 fully saturated rings. The molecule has 9 atom stereocenters. The predicted octanol–water partition coefficient (Wildman–Crippen LogP) is 4.00. The Kier molecular flexibility index (Phi) is 6.34. The van der Waals surface area contributed by atoms with Gasteiger partial charge < -0.3 is 23.7 Å². The van der Waals surface area contributed by atoms with Crippen LogP contribution in [0.15, 0.2) is 12.2 Å². The van der Waals surface area contributed by atoms with Crippen molar-refractivity contribution >= 4 is 17.9 Å². The van der Waals surface area contributed by atoms with Gasteiger partial charge in [-0.3, -0.25) is 14.4 Å². The van der Waals surface area contributed by atoms with Gasteiger partial charge in [0.2, 0.25) is 0 Å². The maximum atomic E-state index is 13.2. The molecular formula is C29H42O8. The van der Waals surface area contributed by atoms with Crippen LogP contribution in [0.1, 0.15) is 73.1 Å². The van der Waals surface area contributed by atoms with Gasteiger partial charge in [-0.15, -0.1) is 0 Å². The van der Waals surface area contributed by atoms with Crippen LogP contribution in [0, 0.1) is 34.0 Å². The monoisotopic (exact) mass is 518 g/mol. The van der Waals surface area contributed by atoms with Crippen molar-refractivity contribution in [2.45, 2.75) is 97.1 Å². The minimum absolute atomic E-state index is 0.0397. The lowest BCUT2D eigenvalue weighted by Gasteiger charge is -2.71. The molecule has 0 N–H and O–H groups in total. The second-order valence-corrected chi connectivity index (χ2v) is 13.0. The highest BCUT2D eigenvalue weighted by molar-refractivity contribution is 5.74. The molecule has 5 aliphatic rings. The minimum atomic E-state index is -0.874. The summed E-state index contributed by atoms with van der Waals surface area (Å²) in [5.74, 6) is -0.941. The summed E-state index contributed by atoms with van der Waals surface area (Å²) in [4.78, 5) is 38.0. The van der Waals surface area contributed by atoms with Crippen molar-refractivity contribution in [3.05, 3.63) is 12.2 Å². The topological polar surface area (TPSA) is 97.4 Å². The number of rotatable bonds is 4. The van der Waals surface area contributed by atoms with Gasteiger partial charge in [0.05, 0.1) is 26.2 Å². The summed E-state index contributed by atoms with van der Waals surface area (Å²) in [6, 6.07) is 0. The number of carbonyl (C=O) groups excluding carboxylic acids is 3. The number of esters is 3.